The van der Waals surface area contributed by atoms with E-state index in [4.69, 9.17) is 0 Å². The molecule has 0 aromatic carbocycles. The third-order valence-electron chi connectivity index (χ3n) is 0.521. The van der Waals surface area contributed by atoms with Gasteiger partial charge in [0, 0.05) is 5.33 Å². The number of hydrogen-bond donors (Lipinski definition) is 0. The van der Waals surface area contributed by atoms with E-state index >= 15 is 0 Å². The molecule has 0 heterocycles. The molecule has 0 nitrogen and oxygen atoms in total. The van der Waals surface area contributed by atoms with Gasteiger partial charge in [0.25, 0.3) is 0 Å². The number of hydrogen-bond acceptors (Lipinski definition) is 0. The Balaban J connectivity index is 0. The largest absolute Gasteiger partial charge is 0.316 e. The predicted octanol–water partition coefficient (Wildman–Crippen LogP) is 1.43. The summed E-state index contributed by atoms with van der Waals surface area (Å²) in [6, 6.07) is 0. The van der Waals surface area contributed by atoms with Crippen molar-refractivity contribution in [3.05, 3.63) is 12.2 Å². The summed E-state index contributed by atoms with van der Waals surface area (Å²) in [4.78, 5) is 0. The topological polar surface area (TPSA) is 0 Å². The van der Waals surface area contributed by atoms with Crippen molar-refractivity contribution in [2.75, 3.05) is 5.33 Å². The van der Waals surface area contributed by atoms with Crippen molar-refractivity contribution in [1.29, 1.82) is 0 Å². The van der Waals surface area contributed by atoms with Crippen molar-refractivity contribution in [2.45, 2.75) is 13.3 Å². The maximum atomic E-state index is 3.71. The molecule has 0 aliphatic carbocycles. The zero-order chi connectivity index (χ0) is 4.99. The molecule has 7 heavy (non-hydrogen) atoms. The zero-order valence-corrected chi connectivity index (χ0v) is 5.59. The quantitative estimate of drug-likeness (QED) is 0.338. The van der Waals surface area contributed by atoms with E-state index < -0.39 is 0 Å². The molecule has 0 aliphatic rings. The van der Waals surface area contributed by atoms with Gasteiger partial charge in [-0.15, -0.1) is 6.58 Å². The summed E-state index contributed by atoms with van der Waals surface area (Å²) < 4.78 is 0. The summed E-state index contributed by atoms with van der Waals surface area (Å²) in [7, 11) is 0. The van der Waals surface area contributed by atoms with Gasteiger partial charge in [-0.05, 0) is 13.3 Å². The van der Waals surface area contributed by atoms with Crippen molar-refractivity contribution in [3.63, 3.8) is 0 Å². The van der Waals surface area contributed by atoms with Crippen molar-refractivity contribution >= 4 is 39.0 Å². The monoisotopic (exact) mass is 174 g/mol. The predicted molar refractivity (Wildman–Crippen MR) is 41.8 cm³/mol. The Bertz CT molecular complexity index is 52.0. The molecular formula is C5H11BrMg. The van der Waals surface area contributed by atoms with Crippen molar-refractivity contribution < 1.29 is 0 Å². The number of halogens is 1. The average Bonchev–Trinajstić information content (AvgIpc) is 1.35. The van der Waals surface area contributed by atoms with Crippen LogP contribution in [0, 0.1) is 0 Å². The highest BCUT2D eigenvalue weighted by Gasteiger charge is 1.77. The molecule has 0 aromatic heterocycles. The van der Waals surface area contributed by atoms with Crippen molar-refractivity contribution in [1.82, 2.24) is 0 Å². The van der Waals surface area contributed by atoms with Crippen LogP contribution in [0.15, 0.2) is 12.2 Å². The highest BCUT2D eigenvalue weighted by molar-refractivity contribution is 9.09. The SMILES string of the molecule is C=C(C)CCBr.[MgH2]. The summed E-state index contributed by atoms with van der Waals surface area (Å²) in [5, 5.41) is 1.04. The number of rotatable bonds is 2. The standard InChI is InChI=1S/C5H9Br.Mg.2H/c1-5(2)3-4-6;;;/h1,3-4H2,2H3;;;. The fourth-order valence-electron chi connectivity index (χ4n) is 0.161. The van der Waals surface area contributed by atoms with Crippen LogP contribution < -0.4 is 0 Å². The van der Waals surface area contributed by atoms with Crippen LogP contribution in [0.25, 0.3) is 0 Å². The molecule has 0 amide bonds. The lowest BCUT2D eigenvalue weighted by Gasteiger charge is -1.86. The second-order valence-electron chi connectivity index (χ2n) is 1.40. The van der Waals surface area contributed by atoms with E-state index in [-0.39, 0.29) is 23.1 Å². The first-order valence-electron chi connectivity index (χ1n) is 1.97. The van der Waals surface area contributed by atoms with Gasteiger partial charge in [-0.25, -0.2) is 0 Å². The highest BCUT2D eigenvalue weighted by Crippen LogP contribution is 1.96. The van der Waals surface area contributed by atoms with E-state index in [0.29, 0.717) is 0 Å². The fraction of sp³-hybridized carbons (Fsp3) is 0.600. The number of alkyl halides is 1. The van der Waals surface area contributed by atoms with E-state index in [0.717, 1.165) is 11.8 Å². The molecule has 0 saturated heterocycles. The Kier molecular flexibility index (Phi) is 10.9. The molecule has 0 atom stereocenters. The van der Waals surface area contributed by atoms with Gasteiger partial charge < -0.3 is 0 Å². The van der Waals surface area contributed by atoms with Crippen LogP contribution >= 0.6 is 15.9 Å². The molecular weight excluding hydrogens is 164 g/mol. The second-order valence-corrected chi connectivity index (χ2v) is 2.19. The maximum Gasteiger partial charge on any atom is 0.316 e. The van der Waals surface area contributed by atoms with E-state index in [1.807, 2.05) is 6.92 Å². The highest BCUT2D eigenvalue weighted by atomic mass is 79.9. The van der Waals surface area contributed by atoms with Gasteiger partial charge in [0.2, 0.25) is 0 Å². The first-order chi connectivity index (χ1) is 2.77. The lowest BCUT2D eigenvalue weighted by atomic mass is 10.3. The third kappa shape index (κ3) is 10.9. The molecule has 0 radical (unpaired) electrons. The van der Waals surface area contributed by atoms with Gasteiger partial charge in [0.15, 0.2) is 0 Å². The minimum atomic E-state index is 0. The molecule has 0 saturated carbocycles. The molecule has 0 aromatic rings. The van der Waals surface area contributed by atoms with Crippen LogP contribution in [-0.4, -0.2) is 28.4 Å². The molecule has 0 spiro atoms. The van der Waals surface area contributed by atoms with E-state index in [1.54, 1.807) is 0 Å². The fourth-order valence-corrected chi connectivity index (χ4v) is 0.838. The Hall–Kier alpha value is 0.986. The van der Waals surface area contributed by atoms with Crippen LogP contribution in [0.4, 0.5) is 0 Å². The smallest absolute Gasteiger partial charge is 0.100 e. The minimum absolute atomic E-state index is 0. The van der Waals surface area contributed by atoms with Gasteiger partial charge in [-0.3, -0.25) is 0 Å². The van der Waals surface area contributed by atoms with Gasteiger partial charge in [0.05, 0.1) is 0 Å². The van der Waals surface area contributed by atoms with Crippen molar-refractivity contribution in [2.24, 2.45) is 0 Å². The van der Waals surface area contributed by atoms with Gasteiger partial charge in [-0.1, -0.05) is 21.5 Å². The molecule has 0 rings (SSSR count). The minimum Gasteiger partial charge on any atom is -0.100 e. The molecule has 0 aliphatic heterocycles. The summed E-state index contributed by atoms with van der Waals surface area (Å²) in [6.07, 6.45) is 1.10. The Morgan fingerprint density at radius 2 is 2.14 bits per heavy atom. The lowest BCUT2D eigenvalue weighted by Crippen LogP contribution is -1.71. The second kappa shape index (κ2) is 6.99. The van der Waals surface area contributed by atoms with E-state index in [9.17, 15) is 0 Å². The van der Waals surface area contributed by atoms with Gasteiger partial charge >= 0.3 is 23.1 Å². The first-order valence-corrected chi connectivity index (χ1v) is 3.10. The maximum absolute atomic E-state index is 3.71. The van der Waals surface area contributed by atoms with Crippen LogP contribution in [0.5, 0.6) is 0 Å². The van der Waals surface area contributed by atoms with E-state index in [2.05, 4.69) is 22.5 Å². The zero-order valence-electron chi connectivity index (χ0n) is 4.00. The normalized spacial score (nSPS) is 7.14. The van der Waals surface area contributed by atoms with Crippen LogP contribution in [0.2, 0.25) is 0 Å². The molecule has 0 fully saturated rings. The van der Waals surface area contributed by atoms with Crippen molar-refractivity contribution in [3.8, 4) is 0 Å². The van der Waals surface area contributed by atoms with Crippen LogP contribution in [0.1, 0.15) is 13.3 Å². The van der Waals surface area contributed by atoms with E-state index in [1.165, 1.54) is 5.57 Å². The van der Waals surface area contributed by atoms with Crippen LogP contribution in [-0.2, 0) is 0 Å². The molecule has 0 bridgehead atoms. The number of allylic oxidation sites excluding steroid dienone is 1. The summed E-state index contributed by atoms with van der Waals surface area (Å²) in [5.41, 5.74) is 1.24. The van der Waals surface area contributed by atoms with Gasteiger partial charge in [-0.2, -0.15) is 0 Å². The summed E-state index contributed by atoms with van der Waals surface area (Å²) in [6.45, 7) is 5.74. The summed E-state index contributed by atoms with van der Waals surface area (Å²) in [5.74, 6) is 0. The third-order valence-corrected chi connectivity index (χ3v) is 0.918. The van der Waals surface area contributed by atoms with Gasteiger partial charge in [0.1, 0.15) is 0 Å². The molecule has 2 heteroatoms. The average molecular weight is 175 g/mol. The first kappa shape index (κ1) is 10.9. The molecule has 40 valence electrons. The molecule has 0 N–H and O–H groups in total. The molecule has 0 unspecified atom stereocenters. The van der Waals surface area contributed by atoms with Crippen LogP contribution in [0.3, 0.4) is 0 Å². The summed E-state index contributed by atoms with van der Waals surface area (Å²) >= 11 is 3.29. The Morgan fingerprint density at radius 3 is 2.14 bits per heavy atom. The Morgan fingerprint density at radius 1 is 1.71 bits per heavy atom. The lowest BCUT2D eigenvalue weighted by molar-refractivity contribution is 1.14. The Labute approximate surface area is 69.6 Å².